The standard InChI is InChI=1S/C20H26N4S/c1-25-19-7-4-15(5-8-19)13-24-10-2-3-18(14-24)22-17-6-9-20-16(11-17)12-21-23-20/h4-9,11,18,21-23H,2-3,10,12-14H2,1H3. The number of nitrogens with one attached hydrogen (secondary N) is 3. The van der Waals surface area contributed by atoms with E-state index < -0.39 is 0 Å². The van der Waals surface area contributed by atoms with Gasteiger partial charge in [0.1, 0.15) is 0 Å². The van der Waals surface area contributed by atoms with Crippen LogP contribution in [0, 0.1) is 0 Å². The topological polar surface area (TPSA) is 39.3 Å². The summed E-state index contributed by atoms with van der Waals surface area (Å²) in [7, 11) is 0. The van der Waals surface area contributed by atoms with Crippen LogP contribution in [-0.4, -0.2) is 30.3 Å². The van der Waals surface area contributed by atoms with Crippen molar-refractivity contribution in [2.75, 3.05) is 30.1 Å². The van der Waals surface area contributed by atoms with Crippen LogP contribution >= 0.6 is 11.8 Å². The van der Waals surface area contributed by atoms with Gasteiger partial charge in [-0.05, 0) is 67.1 Å². The van der Waals surface area contributed by atoms with Gasteiger partial charge >= 0.3 is 0 Å². The molecule has 1 saturated heterocycles. The molecule has 5 heteroatoms. The molecule has 1 unspecified atom stereocenters. The van der Waals surface area contributed by atoms with Gasteiger partial charge in [0.15, 0.2) is 0 Å². The Morgan fingerprint density at radius 3 is 2.92 bits per heavy atom. The molecule has 0 radical (unpaired) electrons. The first-order valence-electron chi connectivity index (χ1n) is 9.04. The van der Waals surface area contributed by atoms with E-state index in [1.807, 2.05) is 0 Å². The summed E-state index contributed by atoms with van der Waals surface area (Å²) < 4.78 is 0. The normalized spacial score (nSPS) is 20.1. The van der Waals surface area contributed by atoms with Crippen molar-refractivity contribution in [2.24, 2.45) is 0 Å². The molecule has 25 heavy (non-hydrogen) atoms. The molecule has 1 atom stereocenters. The molecule has 0 aromatic heterocycles. The first kappa shape index (κ1) is 16.8. The van der Waals surface area contributed by atoms with Crippen molar-refractivity contribution in [3.05, 3.63) is 53.6 Å². The molecule has 0 saturated carbocycles. The summed E-state index contributed by atoms with van der Waals surface area (Å²) in [6.45, 7) is 4.25. The Labute approximate surface area is 154 Å². The maximum atomic E-state index is 3.74. The minimum atomic E-state index is 0.527. The van der Waals surface area contributed by atoms with E-state index in [-0.39, 0.29) is 0 Å². The Morgan fingerprint density at radius 1 is 1.20 bits per heavy atom. The fourth-order valence-electron chi connectivity index (χ4n) is 3.73. The number of hydrogen-bond acceptors (Lipinski definition) is 5. The molecule has 4 nitrogen and oxygen atoms in total. The fourth-order valence-corrected chi connectivity index (χ4v) is 4.14. The summed E-state index contributed by atoms with van der Waals surface area (Å²) >= 11 is 1.80. The van der Waals surface area contributed by atoms with E-state index in [4.69, 9.17) is 0 Å². The quantitative estimate of drug-likeness (QED) is 0.710. The van der Waals surface area contributed by atoms with E-state index >= 15 is 0 Å². The van der Waals surface area contributed by atoms with Gasteiger partial charge in [0, 0.05) is 36.3 Å². The van der Waals surface area contributed by atoms with E-state index in [1.54, 1.807) is 11.8 Å². The third-order valence-electron chi connectivity index (χ3n) is 5.05. The van der Waals surface area contributed by atoms with E-state index in [1.165, 1.54) is 46.8 Å². The first-order valence-corrected chi connectivity index (χ1v) is 10.3. The summed E-state index contributed by atoms with van der Waals surface area (Å²) in [4.78, 5) is 3.91. The van der Waals surface area contributed by atoms with Gasteiger partial charge < -0.3 is 10.7 Å². The highest BCUT2D eigenvalue weighted by Gasteiger charge is 2.20. The molecule has 132 valence electrons. The average molecular weight is 355 g/mol. The number of thioether (sulfide) groups is 1. The SMILES string of the molecule is CSc1ccc(CN2CCCC(Nc3ccc4c(c3)CNN4)C2)cc1. The van der Waals surface area contributed by atoms with Crippen molar-refractivity contribution in [1.82, 2.24) is 10.3 Å². The molecule has 2 aromatic rings. The largest absolute Gasteiger partial charge is 0.381 e. The average Bonchev–Trinajstić information content (AvgIpc) is 3.10. The van der Waals surface area contributed by atoms with Crippen molar-refractivity contribution in [3.63, 3.8) is 0 Å². The minimum absolute atomic E-state index is 0.527. The Balaban J connectivity index is 1.35. The van der Waals surface area contributed by atoms with Gasteiger partial charge in [-0.3, -0.25) is 4.90 Å². The fraction of sp³-hybridized carbons (Fsp3) is 0.400. The highest BCUT2D eigenvalue weighted by molar-refractivity contribution is 7.98. The molecule has 2 aliphatic rings. The van der Waals surface area contributed by atoms with Crippen molar-refractivity contribution in [1.29, 1.82) is 0 Å². The summed E-state index contributed by atoms with van der Waals surface area (Å²) in [6.07, 6.45) is 4.63. The lowest BCUT2D eigenvalue weighted by Gasteiger charge is -2.33. The number of piperidine rings is 1. The summed E-state index contributed by atoms with van der Waals surface area (Å²) in [5.41, 5.74) is 11.5. The van der Waals surface area contributed by atoms with Crippen LogP contribution in [0.15, 0.2) is 47.4 Å². The smallest absolute Gasteiger partial charge is 0.0534 e. The molecule has 2 aliphatic heterocycles. The molecular formula is C20H26N4S. The van der Waals surface area contributed by atoms with Gasteiger partial charge in [0.2, 0.25) is 0 Å². The van der Waals surface area contributed by atoms with Gasteiger partial charge in [0.25, 0.3) is 0 Å². The summed E-state index contributed by atoms with van der Waals surface area (Å²) in [5, 5.41) is 3.74. The molecule has 0 aliphatic carbocycles. The molecule has 2 heterocycles. The number of rotatable bonds is 5. The third kappa shape index (κ3) is 4.11. The number of likely N-dealkylation sites (tertiary alicyclic amines) is 1. The minimum Gasteiger partial charge on any atom is -0.381 e. The Kier molecular flexibility index (Phi) is 5.15. The second-order valence-electron chi connectivity index (χ2n) is 6.92. The first-order chi connectivity index (χ1) is 12.3. The lowest BCUT2D eigenvalue weighted by atomic mass is 10.0. The summed E-state index contributed by atoms with van der Waals surface area (Å²) in [5.74, 6) is 0. The van der Waals surface area contributed by atoms with Crippen molar-refractivity contribution in [2.45, 2.75) is 36.9 Å². The van der Waals surface area contributed by atoms with Crippen LogP contribution in [0.2, 0.25) is 0 Å². The van der Waals surface area contributed by atoms with Crippen LogP contribution in [0.4, 0.5) is 11.4 Å². The zero-order valence-electron chi connectivity index (χ0n) is 14.7. The molecule has 4 rings (SSSR count). The van der Waals surface area contributed by atoms with Gasteiger partial charge in [-0.25, -0.2) is 5.43 Å². The molecule has 1 fully saturated rings. The molecule has 0 bridgehead atoms. The van der Waals surface area contributed by atoms with Gasteiger partial charge in [-0.2, -0.15) is 0 Å². The van der Waals surface area contributed by atoms with Crippen LogP contribution in [0.3, 0.4) is 0 Å². The van der Waals surface area contributed by atoms with Crippen LogP contribution in [0.5, 0.6) is 0 Å². The highest BCUT2D eigenvalue weighted by Crippen LogP contribution is 2.25. The predicted molar refractivity (Wildman–Crippen MR) is 107 cm³/mol. The Hall–Kier alpha value is -1.69. The van der Waals surface area contributed by atoms with E-state index in [0.29, 0.717) is 6.04 Å². The van der Waals surface area contributed by atoms with Crippen molar-refractivity contribution >= 4 is 23.1 Å². The van der Waals surface area contributed by atoms with Crippen molar-refractivity contribution in [3.8, 4) is 0 Å². The maximum absolute atomic E-state index is 3.74. The number of anilines is 2. The van der Waals surface area contributed by atoms with Crippen molar-refractivity contribution < 1.29 is 0 Å². The molecular weight excluding hydrogens is 328 g/mol. The number of hydrogen-bond donors (Lipinski definition) is 3. The zero-order chi connectivity index (χ0) is 17.1. The highest BCUT2D eigenvalue weighted by atomic mass is 32.2. The predicted octanol–water partition coefficient (Wildman–Crippen LogP) is 3.92. The number of fused-ring (bicyclic) bond motifs is 1. The Morgan fingerprint density at radius 2 is 2.08 bits per heavy atom. The van der Waals surface area contributed by atoms with Gasteiger partial charge in [-0.1, -0.05) is 12.1 Å². The molecule has 2 aromatic carbocycles. The zero-order valence-corrected chi connectivity index (χ0v) is 15.5. The van der Waals surface area contributed by atoms with E-state index in [0.717, 1.165) is 19.6 Å². The lowest BCUT2D eigenvalue weighted by molar-refractivity contribution is 0.208. The Bertz CT molecular complexity index is 716. The van der Waals surface area contributed by atoms with Gasteiger partial charge in [-0.15, -0.1) is 11.8 Å². The van der Waals surface area contributed by atoms with E-state index in [9.17, 15) is 0 Å². The second kappa shape index (κ2) is 7.68. The summed E-state index contributed by atoms with van der Waals surface area (Å²) in [6, 6.07) is 16.1. The van der Waals surface area contributed by atoms with Crippen LogP contribution in [-0.2, 0) is 13.1 Å². The maximum Gasteiger partial charge on any atom is 0.0534 e. The monoisotopic (exact) mass is 354 g/mol. The number of hydrazine groups is 1. The van der Waals surface area contributed by atoms with Gasteiger partial charge in [0.05, 0.1) is 5.69 Å². The van der Waals surface area contributed by atoms with Crippen LogP contribution in [0.1, 0.15) is 24.0 Å². The molecule has 0 amide bonds. The molecule has 3 N–H and O–H groups in total. The number of nitrogens with zero attached hydrogens (tertiary/aromatic N) is 1. The van der Waals surface area contributed by atoms with Crippen LogP contribution in [0.25, 0.3) is 0 Å². The number of benzene rings is 2. The third-order valence-corrected chi connectivity index (χ3v) is 5.79. The van der Waals surface area contributed by atoms with Crippen LogP contribution < -0.4 is 16.2 Å². The second-order valence-corrected chi connectivity index (χ2v) is 7.80. The molecule has 0 spiro atoms. The van der Waals surface area contributed by atoms with E-state index in [2.05, 4.69) is 69.8 Å². The lowest BCUT2D eigenvalue weighted by Crippen LogP contribution is -2.41.